The minimum absolute atomic E-state index is 0.0404. The number of hydrogen-bond donors (Lipinski definition) is 1. The summed E-state index contributed by atoms with van der Waals surface area (Å²) < 4.78 is 6.45. The fourth-order valence-electron chi connectivity index (χ4n) is 4.27. The van der Waals surface area contributed by atoms with Crippen molar-refractivity contribution in [3.8, 4) is 5.75 Å². The van der Waals surface area contributed by atoms with Crippen LogP contribution in [0, 0.1) is 0 Å². The molecule has 0 bridgehead atoms. The first-order valence-corrected chi connectivity index (χ1v) is 12.3. The summed E-state index contributed by atoms with van der Waals surface area (Å²) in [6.45, 7) is 0.628. The van der Waals surface area contributed by atoms with Crippen LogP contribution in [0.2, 0.25) is 5.02 Å². The Kier molecular flexibility index (Phi) is 5.84. The van der Waals surface area contributed by atoms with E-state index in [0.717, 1.165) is 43.7 Å². The van der Waals surface area contributed by atoms with Gasteiger partial charge in [0, 0.05) is 49.0 Å². The van der Waals surface area contributed by atoms with Gasteiger partial charge >= 0.3 is 0 Å². The number of nitrogens with zero attached hydrogens (tertiary/aromatic N) is 1. The smallest absolute Gasteiger partial charge is 0.247 e. The molecule has 0 spiro atoms. The van der Waals surface area contributed by atoms with Crippen LogP contribution in [-0.2, 0) is 11.2 Å². The van der Waals surface area contributed by atoms with Crippen LogP contribution < -0.4 is 4.74 Å². The van der Waals surface area contributed by atoms with Crippen molar-refractivity contribution >= 4 is 61.8 Å². The molecular formula is C25H20BrClN2O2S. The minimum atomic E-state index is -0.183. The van der Waals surface area contributed by atoms with Gasteiger partial charge in [-0.3, -0.25) is 4.79 Å². The normalized spacial score (nSPS) is 16.0. The molecule has 0 fully saturated rings. The quantitative estimate of drug-likeness (QED) is 0.295. The zero-order valence-corrected chi connectivity index (χ0v) is 20.4. The number of methoxy groups -OCH3 is 1. The van der Waals surface area contributed by atoms with Crippen LogP contribution in [0.25, 0.3) is 17.0 Å². The van der Waals surface area contributed by atoms with E-state index in [1.54, 1.807) is 30.6 Å². The minimum Gasteiger partial charge on any atom is -0.497 e. The second-order valence-corrected chi connectivity index (χ2v) is 9.90. The highest BCUT2D eigenvalue weighted by Gasteiger charge is 2.34. The van der Waals surface area contributed by atoms with E-state index in [-0.39, 0.29) is 11.9 Å². The third-order valence-corrected chi connectivity index (χ3v) is 7.88. The van der Waals surface area contributed by atoms with Crippen LogP contribution in [-0.4, -0.2) is 29.4 Å². The fourth-order valence-corrected chi connectivity index (χ4v) is 6.03. The van der Waals surface area contributed by atoms with Gasteiger partial charge < -0.3 is 14.6 Å². The van der Waals surface area contributed by atoms with Gasteiger partial charge in [-0.15, -0.1) is 11.3 Å². The molecule has 5 rings (SSSR count). The first-order valence-electron chi connectivity index (χ1n) is 10.2. The number of hydrogen-bond acceptors (Lipinski definition) is 3. The van der Waals surface area contributed by atoms with Gasteiger partial charge in [-0.05, 0) is 69.9 Å². The average molecular weight is 528 g/mol. The first-order chi connectivity index (χ1) is 15.5. The van der Waals surface area contributed by atoms with Crippen molar-refractivity contribution in [2.75, 3.05) is 13.7 Å². The van der Waals surface area contributed by atoms with Gasteiger partial charge in [0.1, 0.15) is 11.8 Å². The number of aromatic nitrogens is 1. The van der Waals surface area contributed by atoms with E-state index >= 15 is 0 Å². The van der Waals surface area contributed by atoms with Crippen LogP contribution in [0.15, 0.2) is 64.5 Å². The maximum Gasteiger partial charge on any atom is 0.247 e. The van der Waals surface area contributed by atoms with E-state index in [9.17, 15) is 4.79 Å². The average Bonchev–Trinajstić information content (AvgIpc) is 3.40. The van der Waals surface area contributed by atoms with Gasteiger partial charge in [0.15, 0.2) is 0 Å². The molecule has 4 nitrogen and oxygen atoms in total. The van der Waals surface area contributed by atoms with E-state index < -0.39 is 0 Å². The zero-order valence-electron chi connectivity index (χ0n) is 17.3. The highest BCUT2D eigenvalue weighted by Crippen LogP contribution is 2.42. The molecular weight excluding hydrogens is 508 g/mol. The van der Waals surface area contributed by atoms with Crippen LogP contribution in [0.1, 0.15) is 27.7 Å². The number of carbonyl (C=O) groups excluding carboxylic acids is 1. The van der Waals surface area contributed by atoms with Crippen molar-refractivity contribution in [1.82, 2.24) is 9.88 Å². The number of fused-ring (bicyclic) bond motifs is 3. The Bertz CT molecular complexity index is 1340. The Labute approximate surface area is 203 Å². The summed E-state index contributed by atoms with van der Waals surface area (Å²) in [5.41, 5.74) is 4.19. The molecule has 0 unspecified atom stereocenters. The van der Waals surface area contributed by atoms with Crippen molar-refractivity contribution in [1.29, 1.82) is 0 Å². The summed E-state index contributed by atoms with van der Waals surface area (Å²) in [6.07, 6.45) is 4.18. The standard InChI is InChI=1S/C25H20BrClN2O2S/c1-31-17-7-8-21-19(13-17)18-10-11-29(23(30)9-6-15-4-2-3-5-20(15)27)25(24(18)28-21)22-12-16(26)14-32-22/h2-9,12-14,25,28H,10-11H2,1H3/b9-6+/t25-/m1/s1. The number of aromatic amines is 1. The topological polar surface area (TPSA) is 45.3 Å². The van der Waals surface area contributed by atoms with Gasteiger partial charge in [-0.25, -0.2) is 0 Å². The first kappa shape index (κ1) is 21.3. The molecule has 1 aliphatic rings. The molecule has 4 aromatic rings. The van der Waals surface area contributed by atoms with Crippen LogP contribution in [0.5, 0.6) is 5.75 Å². The molecule has 2 aromatic carbocycles. The highest BCUT2D eigenvalue weighted by atomic mass is 79.9. The van der Waals surface area contributed by atoms with Crippen molar-refractivity contribution in [3.05, 3.63) is 91.2 Å². The van der Waals surface area contributed by atoms with Crippen molar-refractivity contribution in [3.63, 3.8) is 0 Å². The van der Waals surface area contributed by atoms with Crippen molar-refractivity contribution < 1.29 is 9.53 Å². The maximum absolute atomic E-state index is 13.4. The van der Waals surface area contributed by atoms with Crippen LogP contribution in [0.3, 0.4) is 0 Å². The Morgan fingerprint density at radius 3 is 2.88 bits per heavy atom. The van der Waals surface area contributed by atoms with E-state index in [1.807, 2.05) is 41.3 Å². The number of benzene rings is 2. The van der Waals surface area contributed by atoms with E-state index in [2.05, 4.69) is 38.4 Å². The largest absolute Gasteiger partial charge is 0.497 e. The van der Waals surface area contributed by atoms with E-state index in [4.69, 9.17) is 16.3 Å². The number of H-pyrrole nitrogens is 1. The molecule has 162 valence electrons. The number of nitrogens with one attached hydrogen (secondary N) is 1. The molecule has 1 N–H and O–H groups in total. The molecule has 0 saturated carbocycles. The number of carbonyl (C=O) groups is 1. The van der Waals surface area contributed by atoms with Gasteiger partial charge in [-0.2, -0.15) is 0 Å². The summed E-state index contributed by atoms with van der Waals surface area (Å²) in [4.78, 5) is 20.0. The maximum atomic E-state index is 13.4. The predicted molar refractivity (Wildman–Crippen MR) is 135 cm³/mol. The number of rotatable bonds is 4. The van der Waals surface area contributed by atoms with Crippen molar-refractivity contribution in [2.24, 2.45) is 0 Å². The number of thiophene rings is 1. The van der Waals surface area contributed by atoms with E-state index in [1.165, 1.54) is 5.56 Å². The highest BCUT2D eigenvalue weighted by molar-refractivity contribution is 9.10. The SMILES string of the molecule is COc1ccc2[nH]c3c(c2c1)CCN(C(=O)/C=C/c1ccccc1Cl)[C@@H]3c1cc(Br)cs1. The second-order valence-electron chi connectivity index (χ2n) is 7.64. The van der Waals surface area contributed by atoms with E-state index in [0.29, 0.717) is 11.6 Å². The molecule has 3 heterocycles. The number of ether oxygens (including phenoxy) is 1. The molecule has 32 heavy (non-hydrogen) atoms. The van der Waals surface area contributed by atoms with Crippen LogP contribution >= 0.6 is 38.9 Å². The number of amides is 1. The van der Waals surface area contributed by atoms with Gasteiger partial charge in [0.05, 0.1) is 7.11 Å². The molecule has 7 heteroatoms. The lowest BCUT2D eigenvalue weighted by Crippen LogP contribution is -2.39. The second kappa shape index (κ2) is 8.77. The monoisotopic (exact) mass is 526 g/mol. The lowest BCUT2D eigenvalue weighted by Gasteiger charge is -2.34. The van der Waals surface area contributed by atoms with Gasteiger partial charge in [-0.1, -0.05) is 29.8 Å². The third kappa shape index (κ3) is 3.87. The Balaban J connectivity index is 1.56. The molecule has 1 atom stereocenters. The number of halogens is 2. The molecule has 0 saturated heterocycles. The summed E-state index contributed by atoms with van der Waals surface area (Å²) in [5, 5.41) is 3.83. The zero-order chi connectivity index (χ0) is 22.2. The third-order valence-electron chi connectivity index (χ3n) is 5.79. The molecule has 0 radical (unpaired) electrons. The van der Waals surface area contributed by atoms with Gasteiger partial charge in [0.25, 0.3) is 0 Å². The Morgan fingerprint density at radius 2 is 2.12 bits per heavy atom. The lowest BCUT2D eigenvalue weighted by molar-refractivity contribution is -0.127. The summed E-state index contributed by atoms with van der Waals surface area (Å²) in [5.74, 6) is 0.789. The molecule has 1 aliphatic heterocycles. The Hall–Kier alpha value is -2.54. The molecule has 2 aromatic heterocycles. The van der Waals surface area contributed by atoms with Gasteiger partial charge in [0.2, 0.25) is 5.91 Å². The van der Waals surface area contributed by atoms with Crippen LogP contribution in [0.4, 0.5) is 0 Å². The van der Waals surface area contributed by atoms with Crippen molar-refractivity contribution in [2.45, 2.75) is 12.5 Å². The summed E-state index contributed by atoms with van der Waals surface area (Å²) in [7, 11) is 1.68. The predicted octanol–water partition coefficient (Wildman–Crippen LogP) is 6.84. The fraction of sp³-hybridized carbons (Fsp3) is 0.160. The lowest BCUT2D eigenvalue weighted by atomic mass is 9.96. The summed E-state index contributed by atoms with van der Waals surface area (Å²) in [6, 6.07) is 15.5. The summed E-state index contributed by atoms with van der Waals surface area (Å²) >= 11 is 11.5. The molecule has 0 aliphatic carbocycles. The Morgan fingerprint density at radius 1 is 1.28 bits per heavy atom. The molecule has 1 amide bonds.